The lowest BCUT2D eigenvalue weighted by Gasteiger charge is -2.22. The number of aliphatic hydroxyl groups is 3. The van der Waals surface area contributed by atoms with E-state index in [1.807, 2.05) is 0 Å². The molecular formula is C23H34N10O18P3+. The van der Waals surface area contributed by atoms with Gasteiger partial charge in [-0.15, -0.1) is 0 Å². The van der Waals surface area contributed by atoms with Gasteiger partial charge in [0.1, 0.15) is 49.3 Å². The summed E-state index contributed by atoms with van der Waals surface area (Å²) < 4.78 is 75.6. The SMILES string of the molecule is CO[C@@H]1C(O)[C@H](C[n+]2cn(C)c3c(=O)[nH]c(N)nc32)O[C@@H]1COP(=O)(O)OP(=O)(O)OP(=O)(O)OC[C@H]1O[C@@H](n2cnc3c(=O)[nH]c(N)nc32)[C@@H](O)C1O. The third kappa shape index (κ3) is 8.19. The summed E-state index contributed by atoms with van der Waals surface area (Å²) >= 11 is 0. The molecule has 12 N–H and O–H groups in total. The molecule has 4 aromatic heterocycles. The Balaban J connectivity index is 1.04. The summed E-state index contributed by atoms with van der Waals surface area (Å²) in [5, 5.41) is 31.9. The highest BCUT2D eigenvalue weighted by molar-refractivity contribution is 7.66. The molecule has 0 amide bonds. The summed E-state index contributed by atoms with van der Waals surface area (Å²) in [6.45, 7) is -2.10. The van der Waals surface area contributed by atoms with Gasteiger partial charge in [0.25, 0.3) is 17.1 Å². The summed E-state index contributed by atoms with van der Waals surface area (Å²) in [4.78, 5) is 71.1. The van der Waals surface area contributed by atoms with E-state index in [1.54, 1.807) is 7.05 Å². The number of hydrogen-bond donors (Lipinski definition) is 10. The molecule has 4 aromatic rings. The average molecular weight is 831 g/mol. The highest BCUT2D eigenvalue weighted by Gasteiger charge is 2.49. The number of aromatic amines is 2. The summed E-state index contributed by atoms with van der Waals surface area (Å²) in [6.07, 6.45) is -9.07. The Bertz CT molecular complexity index is 2320. The molecule has 0 radical (unpaired) electrons. The first-order valence-electron chi connectivity index (χ1n) is 15.2. The highest BCUT2D eigenvalue weighted by atomic mass is 31.3. The lowest BCUT2D eigenvalue weighted by Crippen LogP contribution is -2.45. The number of phosphoric ester groups is 2. The van der Waals surface area contributed by atoms with E-state index in [1.165, 1.54) is 22.6 Å². The number of ether oxygens (including phenoxy) is 3. The summed E-state index contributed by atoms with van der Waals surface area (Å²) in [6, 6.07) is 0. The molecule has 0 saturated carbocycles. The van der Waals surface area contributed by atoms with Crippen LogP contribution in [0, 0.1) is 0 Å². The van der Waals surface area contributed by atoms with Crippen LogP contribution in [0.2, 0.25) is 0 Å². The van der Waals surface area contributed by atoms with Crippen LogP contribution in [-0.4, -0.2) is 127 Å². The van der Waals surface area contributed by atoms with E-state index in [9.17, 15) is 53.3 Å². The molecule has 11 atom stereocenters. The van der Waals surface area contributed by atoms with E-state index in [0.29, 0.717) is 0 Å². The number of aryl methyl sites for hydroxylation is 1. The van der Waals surface area contributed by atoms with Crippen molar-refractivity contribution in [1.29, 1.82) is 0 Å². The predicted octanol–water partition coefficient (Wildman–Crippen LogP) is -4.02. The third-order valence-electron chi connectivity index (χ3n) is 8.19. The Labute approximate surface area is 299 Å². The van der Waals surface area contributed by atoms with Gasteiger partial charge in [-0.1, -0.05) is 4.98 Å². The number of aromatic nitrogens is 8. The fourth-order valence-corrected chi connectivity index (χ4v) is 9.44. The number of nitrogens with one attached hydrogen (secondary N) is 2. The molecule has 6 heterocycles. The van der Waals surface area contributed by atoms with Gasteiger partial charge in [0.15, 0.2) is 23.7 Å². The number of nitrogen functional groups attached to an aromatic ring is 2. The maximum absolute atomic E-state index is 12.6. The predicted molar refractivity (Wildman–Crippen MR) is 173 cm³/mol. The Hall–Kier alpha value is -3.53. The minimum absolute atomic E-state index is 0.125. The van der Waals surface area contributed by atoms with Crippen molar-refractivity contribution in [3.63, 3.8) is 0 Å². The number of imidazole rings is 2. The molecule has 0 aliphatic carbocycles. The number of nitrogens with zero attached hydrogens (tertiary/aromatic N) is 6. The fraction of sp³-hybridized carbons (Fsp3) is 0.565. The van der Waals surface area contributed by atoms with Gasteiger partial charge in [0.2, 0.25) is 11.5 Å². The molecule has 2 aliphatic rings. The smallest absolute Gasteiger partial charge is 0.387 e. The van der Waals surface area contributed by atoms with Crippen LogP contribution >= 0.6 is 23.5 Å². The molecule has 2 fully saturated rings. The fourth-order valence-electron chi connectivity index (χ4n) is 5.91. The van der Waals surface area contributed by atoms with Gasteiger partial charge in [-0.2, -0.15) is 13.6 Å². The zero-order valence-electron chi connectivity index (χ0n) is 27.7. The van der Waals surface area contributed by atoms with Crippen LogP contribution in [0.3, 0.4) is 0 Å². The first-order valence-corrected chi connectivity index (χ1v) is 19.7. The Morgan fingerprint density at radius 1 is 0.870 bits per heavy atom. The maximum atomic E-state index is 12.6. The number of H-pyrrole nitrogens is 2. The first kappa shape index (κ1) is 40.1. The Kier molecular flexibility index (Phi) is 11.0. The lowest BCUT2D eigenvalue weighted by molar-refractivity contribution is -0.682. The number of phosphoric acid groups is 3. The second kappa shape index (κ2) is 14.8. The van der Waals surface area contributed by atoms with Gasteiger partial charge in [-0.05, 0) is 0 Å². The van der Waals surface area contributed by atoms with E-state index in [0.717, 1.165) is 10.9 Å². The topological polar surface area (TPSA) is 407 Å². The zero-order chi connectivity index (χ0) is 39.5. The van der Waals surface area contributed by atoms with Gasteiger partial charge in [-0.3, -0.25) is 37.7 Å². The molecule has 0 bridgehead atoms. The van der Waals surface area contributed by atoms with Crippen molar-refractivity contribution >= 4 is 57.7 Å². The van der Waals surface area contributed by atoms with Crippen molar-refractivity contribution in [2.75, 3.05) is 31.8 Å². The minimum Gasteiger partial charge on any atom is -0.387 e. The molecule has 5 unspecified atom stereocenters. The standard InChI is InChI=1S/C23H33N10O18P3/c1-31-7-32(18-12(31)20(38)30-23(25)28-18)3-8-14(35)16(45-2)10(48-8)5-47-53(41,42)51-54(43,44)50-52(39,40)46-4-9-13(34)15(36)21(49-9)33-6-26-11-17(33)27-22(24)29-19(11)37/h6-10,13-16,21,34-36H,3-5H2,1-2H3,(H8-,24,25,27,28,29,30,37,38,39,40,41,42,43,44)/p+1/t8-,9+,10+,13?,14?,15-,16-,21+/m0/s1. The number of anilines is 2. The molecule has 31 heteroatoms. The van der Waals surface area contributed by atoms with E-state index < -0.39 is 96.8 Å². The monoisotopic (exact) mass is 831 g/mol. The van der Waals surface area contributed by atoms with Crippen molar-refractivity contribution < 1.29 is 80.1 Å². The van der Waals surface area contributed by atoms with Crippen molar-refractivity contribution in [2.45, 2.75) is 55.5 Å². The van der Waals surface area contributed by atoms with Gasteiger partial charge in [0.05, 0.1) is 26.6 Å². The summed E-state index contributed by atoms with van der Waals surface area (Å²) in [7, 11) is -14.5. The van der Waals surface area contributed by atoms with Crippen LogP contribution in [0.4, 0.5) is 11.9 Å². The van der Waals surface area contributed by atoms with Crippen LogP contribution in [0.15, 0.2) is 22.2 Å². The second-order valence-electron chi connectivity index (χ2n) is 11.9. The molecule has 298 valence electrons. The number of methoxy groups -OCH3 is 1. The zero-order valence-corrected chi connectivity index (χ0v) is 30.3. The molecule has 0 spiro atoms. The quantitative estimate of drug-likeness (QED) is 0.0427. The van der Waals surface area contributed by atoms with Crippen molar-refractivity contribution in [3.05, 3.63) is 33.4 Å². The van der Waals surface area contributed by atoms with Crippen LogP contribution in [0.1, 0.15) is 6.23 Å². The van der Waals surface area contributed by atoms with Gasteiger partial charge >= 0.3 is 29.1 Å². The average Bonchev–Trinajstić information content (AvgIpc) is 3.77. The minimum atomic E-state index is -5.96. The number of aliphatic hydroxyl groups excluding tert-OH is 3. The van der Waals surface area contributed by atoms with Crippen LogP contribution in [-0.2, 0) is 59.2 Å². The van der Waals surface area contributed by atoms with E-state index in [4.69, 9.17) is 30.2 Å². The number of nitrogens with two attached hydrogens (primary N) is 2. The maximum Gasteiger partial charge on any atom is 0.490 e. The molecule has 6 rings (SSSR count). The van der Waals surface area contributed by atoms with Crippen molar-refractivity contribution in [1.82, 2.24) is 34.1 Å². The summed E-state index contributed by atoms with van der Waals surface area (Å²) in [5.41, 5.74) is 9.95. The molecule has 28 nitrogen and oxygen atoms in total. The lowest BCUT2D eigenvalue weighted by atomic mass is 10.1. The first-order chi connectivity index (χ1) is 25.2. The molecule has 2 saturated heterocycles. The summed E-state index contributed by atoms with van der Waals surface area (Å²) in [5.74, 6) is -0.473. The van der Waals surface area contributed by atoms with Gasteiger partial charge in [0, 0.05) is 7.11 Å². The molecular weight excluding hydrogens is 797 g/mol. The van der Waals surface area contributed by atoms with Crippen LogP contribution < -0.4 is 27.2 Å². The molecule has 0 aromatic carbocycles. The normalized spacial score (nSPS) is 29.4. The number of fused-ring (bicyclic) bond motifs is 2. The Morgan fingerprint density at radius 2 is 1.48 bits per heavy atom. The van der Waals surface area contributed by atoms with Crippen LogP contribution in [0.25, 0.3) is 22.3 Å². The third-order valence-corrected chi connectivity index (χ3v) is 12.4. The number of hydrogen-bond acceptors (Lipinski definition) is 20. The van der Waals surface area contributed by atoms with Crippen LogP contribution in [0.5, 0.6) is 0 Å². The van der Waals surface area contributed by atoms with Crippen molar-refractivity contribution in [3.8, 4) is 0 Å². The molecule has 54 heavy (non-hydrogen) atoms. The van der Waals surface area contributed by atoms with E-state index in [2.05, 4.69) is 38.1 Å². The molecule has 2 aliphatic heterocycles. The highest BCUT2D eigenvalue weighted by Crippen LogP contribution is 2.67. The van der Waals surface area contributed by atoms with Gasteiger partial charge < -0.3 is 55.7 Å². The van der Waals surface area contributed by atoms with Gasteiger partial charge in [-0.25, -0.2) is 23.2 Å². The van der Waals surface area contributed by atoms with E-state index in [-0.39, 0.29) is 40.8 Å². The largest absolute Gasteiger partial charge is 0.490 e. The number of rotatable bonds is 14. The Morgan fingerprint density at radius 3 is 2.13 bits per heavy atom. The van der Waals surface area contributed by atoms with E-state index >= 15 is 0 Å². The second-order valence-corrected chi connectivity index (χ2v) is 16.5. The van der Waals surface area contributed by atoms with Crippen molar-refractivity contribution in [2.24, 2.45) is 7.05 Å².